The van der Waals surface area contributed by atoms with Crippen LogP contribution in [0.1, 0.15) is 17.0 Å². The number of nitrogens with two attached hydrogens (primary N) is 1. The van der Waals surface area contributed by atoms with Crippen LogP contribution in [0.25, 0.3) is 0 Å². The minimum Gasteiger partial charge on any atom is -0.264 e. The van der Waals surface area contributed by atoms with Crippen LogP contribution in [0.5, 0.6) is 0 Å². The van der Waals surface area contributed by atoms with Gasteiger partial charge in [-0.2, -0.15) is 5.10 Å². The highest BCUT2D eigenvalue weighted by Gasteiger charge is 2.20. The molecule has 0 unspecified atom stereocenters. The molecular formula is C12H14IN3O2S. The van der Waals surface area contributed by atoms with E-state index in [4.69, 9.17) is 5.14 Å². The van der Waals surface area contributed by atoms with Gasteiger partial charge in [-0.3, -0.25) is 4.68 Å². The lowest BCUT2D eigenvalue weighted by molar-refractivity contribution is 0.595. The number of halogens is 1. The average molecular weight is 391 g/mol. The Morgan fingerprint density at radius 3 is 2.32 bits per heavy atom. The first-order valence-corrected chi connectivity index (χ1v) is 8.23. The summed E-state index contributed by atoms with van der Waals surface area (Å²) in [7, 11) is -3.73. The molecule has 0 spiro atoms. The molecule has 0 atom stereocenters. The Labute approximate surface area is 126 Å². The van der Waals surface area contributed by atoms with Gasteiger partial charge >= 0.3 is 0 Å². The zero-order valence-electron chi connectivity index (χ0n) is 10.6. The molecule has 5 nitrogen and oxygen atoms in total. The van der Waals surface area contributed by atoms with E-state index in [-0.39, 0.29) is 4.90 Å². The molecule has 1 aromatic carbocycles. The summed E-state index contributed by atoms with van der Waals surface area (Å²) in [4.78, 5) is 0.123. The van der Waals surface area contributed by atoms with Crippen LogP contribution in [0.15, 0.2) is 29.2 Å². The van der Waals surface area contributed by atoms with E-state index in [0.717, 1.165) is 9.13 Å². The van der Waals surface area contributed by atoms with Gasteiger partial charge in [0, 0.05) is 3.57 Å². The van der Waals surface area contributed by atoms with Crippen molar-refractivity contribution in [2.24, 2.45) is 5.14 Å². The first-order valence-electron chi connectivity index (χ1n) is 5.60. The molecular weight excluding hydrogens is 377 g/mol. The van der Waals surface area contributed by atoms with Gasteiger partial charge in [0.05, 0.1) is 17.9 Å². The highest BCUT2D eigenvalue weighted by Crippen LogP contribution is 2.19. The molecule has 2 aromatic rings. The first-order chi connectivity index (χ1) is 8.79. The fourth-order valence-electron chi connectivity index (χ4n) is 2.01. The van der Waals surface area contributed by atoms with E-state index in [1.165, 1.54) is 0 Å². The summed E-state index contributed by atoms with van der Waals surface area (Å²) in [6, 6.07) is 7.99. The van der Waals surface area contributed by atoms with Gasteiger partial charge in [0.1, 0.15) is 4.90 Å². The van der Waals surface area contributed by atoms with E-state index in [1.54, 1.807) is 18.5 Å². The molecule has 0 saturated carbocycles. The normalized spacial score (nSPS) is 11.8. The number of hydrogen-bond donors (Lipinski definition) is 1. The molecule has 19 heavy (non-hydrogen) atoms. The van der Waals surface area contributed by atoms with E-state index in [1.807, 2.05) is 24.3 Å². The van der Waals surface area contributed by atoms with Crippen molar-refractivity contribution in [1.29, 1.82) is 0 Å². The summed E-state index contributed by atoms with van der Waals surface area (Å²) in [5.41, 5.74) is 2.07. The summed E-state index contributed by atoms with van der Waals surface area (Å²) in [6.07, 6.45) is 0. The molecule has 2 rings (SSSR count). The van der Waals surface area contributed by atoms with Crippen LogP contribution >= 0.6 is 22.6 Å². The van der Waals surface area contributed by atoms with Crippen molar-refractivity contribution in [2.45, 2.75) is 25.3 Å². The maximum absolute atomic E-state index is 11.5. The van der Waals surface area contributed by atoms with Gasteiger partial charge in [-0.1, -0.05) is 12.1 Å². The highest BCUT2D eigenvalue weighted by atomic mass is 127. The van der Waals surface area contributed by atoms with Gasteiger partial charge in [-0.15, -0.1) is 0 Å². The molecule has 0 saturated heterocycles. The number of sulfonamides is 1. The van der Waals surface area contributed by atoms with E-state index in [2.05, 4.69) is 27.7 Å². The van der Waals surface area contributed by atoms with E-state index in [9.17, 15) is 8.42 Å². The van der Waals surface area contributed by atoms with Gasteiger partial charge in [0.2, 0.25) is 10.0 Å². The van der Waals surface area contributed by atoms with Gasteiger partial charge in [0.25, 0.3) is 0 Å². The summed E-state index contributed by atoms with van der Waals surface area (Å²) >= 11 is 2.24. The van der Waals surface area contributed by atoms with Crippen LogP contribution in [0.2, 0.25) is 0 Å². The molecule has 0 aliphatic rings. The van der Waals surface area contributed by atoms with Crippen LogP contribution in [-0.2, 0) is 16.6 Å². The van der Waals surface area contributed by atoms with Gasteiger partial charge in [-0.05, 0) is 54.1 Å². The Morgan fingerprint density at radius 1 is 1.26 bits per heavy atom. The number of primary sulfonamides is 1. The Hall–Kier alpha value is -0.930. The van der Waals surface area contributed by atoms with E-state index >= 15 is 0 Å². The molecule has 0 aliphatic carbocycles. The molecule has 0 aliphatic heterocycles. The third-order valence-electron chi connectivity index (χ3n) is 2.85. The predicted octanol–water partition coefficient (Wildman–Crippen LogP) is 1.80. The number of hydrogen-bond acceptors (Lipinski definition) is 3. The summed E-state index contributed by atoms with van der Waals surface area (Å²) in [6.45, 7) is 3.89. The molecule has 102 valence electrons. The maximum atomic E-state index is 11.5. The topological polar surface area (TPSA) is 78.0 Å². The number of rotatable bonds is 3. The second-order valence-corrected chi connectivity index (χ2v) is 7.07. The lowest BCUT2D eigenvalue weighted by atomic mass is 10.2. The van der Waals surface area contributed by atoms with E-state index in [0.29, 0.717) is 17.9 Å². The van der Waals surface area contributed by atoms with Crippen molar-refractivity contribution >= 4 is 32.6 Å². The smallest absolute Gasteiger partial charge is 0.241 e. The van der Waals surface area contributed by atoms with E-state index < -0.39 is 10.0 Å². The zero-order valence-corrected chi connectivity index (χ0v) is 13.6. The monoisotopic (exact) mass is 391 g/mol. The fraction of sp³-hybridized carbons (Fsp3) is 0.250. The number of aromatic nitrogens is 2. The Bertz CT molecular complexity index is 705. The van der Waals surface area contributed by atoms with Crippen LogP contribution in [0.3, 0.4) is 0 Å². The maximum Gasteiger partial charge on any atom is 0.241 e. The Kier molecular flexibility index (Phi) is 3.98. The number of aryl methyl sites for hydroxylation is 1. The molecule has 0 fully saturated rings. The molecule has 0 radical (unpaired) electrons. The Morgan fingerprint density at radius 2 is 1.84 bits per heavy atom. The zero-order chi connectivity index (χ0) is 14.2. The van der Waals surface area contributed by atoms with Crippen molar-refractivity contribution < 1.29 is 8.42 Å². The van der Waals surface area contributed by atoms with Crippen molar-refractivity contribution in [3.05, 3.63) is 44.8 Å². The number of benzene rings is 1. The molecule has 1 heterocycles. The highest BCUT2D eigenvalue weighted by molar-refractivity contribution is 14.1. The second kappa shape index (κ2) is 5.22. The SMILES string of the molecule is Cc1nn(Cc2ccc(I)cc2)c(C)c1S(N)(=O)=O. The minimum atomic E-state index is -3.73. The molecule has 0 bridgehead atoms. The first kappa shape index (κ1) is 14.5. The average Bonchev–Trinajstić information content (AvgIpc) is 2.56. The largest absolute Gasteiger partial charge is 0.264 e. The summed E-state index contributed by atoms with van der Waals surface area (Å²) < 4.78 is 25.8. The van der Waals surface area contributed by atoms with Gasteiger partial charge in [0.15, 0.2) is 0 Å². The summed E-state index contributed by atoms with van der Waals surface area (Å²) in [5.74, 6) is 0. The van der Waals surface area contributed by atoms with Crippen LogP contribution in [-0.4, -0.2) is 18.2 Å². The Balaban J connectivity index is 2.40. The third-order valence-corrected chi connectivity index (χ3v) is 4.72. The predicted molar refractivity (Wildman–Crippen MR) is 81.3 cm³/mol. The van der Waals surface area contributed by atoms with Gasteiger partial charge in [-0.25, -0.2) is 13.6 Å². The molecule has 7 heteroatoms. The molecule has 0 amide bonds. The van der Waals surface area contributed by atoms with Crippen molar-refractivity contribution in [3.63, 3.8) is 0 Å². The third kappa shape index (κ3) is 3.15. The minimum absolute atomic E-state index is 0.123. The van der Waals surface area contributed by atoms with Crippen LogP contribution in [0, 0.1) is 17.4 Å². The molecule has 1 aromatic heterocycles. The van der Waals surface area contributed by atoms with Crippen LogP contribution in [0.4, 0.5) is 0 Å². The lowest BCUT2D eigenvalue weighted by Gasteiger charge is -2.05. The second-order valence-electron chi connectivity index (χ2n) is 4.33. The fourth-order valence-corrected chi connectivity index (χ4v) is 3.34. The van der Waals surface area contributed by atoms with Crippen molar-refractivity contribution in [3.8, 4) is 0 Å². The quantitative estimate of drug-likeness (QED) is 0.811. The van der Waals surface area contributed by atoms with Crippen LogP contribution < -0.4 is 5.14 Å². The standard InChI is InChI=1S/C12H14IN3O2S/c1-8-12(19(14,17)18)9(2)16(15-8)7-10-3-5-11(13)6-4-10/h3-6H,7H2,1-2H3,(H2,14,17,18). The lowest BCUT2D eigenvalue weighted by Crippen LogP contribution is -2.14. The number of nitrogens with zero attached hydrogens (tertiary/aromatic N) is 2. The molecule has 2 N–H and O–H groups in total. The summed E-state index contributed by atoms with van der Waals surface area (Å²) in [5, 5.41) is 9.45. The van der Waals surface area contributed by atoms with Gasteiger partial charge < -0.3 is 0 Å². The van der Waals surface area contributed by atoms with Crippen molar-refractivity contribution in [1.82, 2.24) is 9.78 Å². The van der Waals surface area contributed by atoms with Crippen molar-refractivity contribution in [2.75, 3.05) is 0 Å².